The number of amides is 1. The fourth-order valence-electron chi connectivity index (χ4n) is 2.33. The first-order valence-corrected chi connectivity index (χ1v) is 7.50. The Morgan fingerprint density at radius 3 is 2.56 bits per heavy atom. The van der Waals surface area contributed by atoms with Crippen LogP contribution in [0.15, 0.2) is 40.3 Å². The second-order valence-electron chi connectivity index (χ2n) is 5.54. The maximum Gasteiger partial charge on any atom is 0.338 e. The minimum atomic E-state index is -0.422. The number of nitrogens with zero attached hydrogens (tertiary/aromatic N) is 2. The second kappa shape index (κ2) is 7.49. The zero-order chi connectivity index (χ0) is 18.6. The summed E-state index contributed by atoms with van der Waals surface area (Å²) < 4.78 is 10.5. The van der Waals surface area contributed by atoms with Crippen molar-refractivity contribution in [3.8, 4) is 17.4 Å². The normalized spacial score (nSPS) is 10.9. The van der Waals surface area contributed by atoms with Crippen molar-refractivity contribution in [1.82, 2.24) is 4.90 Å². The zero-order valence-corrected chi connectivity index (χ0v) is 14.5. The predicted octanol–water partition coefficient (Wildman–Crippen LogP) is 3.04. The molecule has 6 heteroatoms. The first-order chi connectivity index (χ1) is 11.9. The van der Waals surface area contributed by atoms with Crippen molar-refractivity contribution in [1.29, 1.82) is 5.26 Å². The van der Waals surface area contributed by atoms with E-state index in [-0.39, 0.29) is 5.57 Å². The van der Waals surface area contributed by atoms with Gasteiger partial charge in [-0.25, -0.2) is 4.79 Å². The average Bonchev–Trinajstić information content (AvgIpc) is 3.06. The van der Waals surface area contributed by atoms with Gasteiger partial charge < -0.3 is 14.1 Å². The second-order valence-corrected chi connectivity index (χ2v) is 5.54. The molecule has 0 aliphatic rings. The topological polar surface area (TPSA) is 83.5 Å². The number of esters is 1. The van der Waals surface area contributed by atoms with Crippen LogP contribution in [0.1, 0.15) is 21.7 Å². The van der Waals surface area contributed by atoms with Gasteiger partial charge in [0.05, 0.1) is 12.7 Å². The van der Waals surface area contributed by atoms with Crippen molar-refractivity contribution in [2.45, 2.75) is 6.92 Å². The molecule has 0 radical (unpaired) electrons. The molecule has 0 saturated carbocycles. The third-order valence-corrected chi connectivity index (χ3v) is 3.67. The SMILES string of the molecule is COC(=O)c1cccc(-c2ccc(/C=C(/C#N)C(=O)N(C)C)o2)c1C. The highest BCUT2D eigenvalue weighted by Crippen LogP contribution is 2.28. The molecule has 0 aliphatic heterocycles. The van der Waals surface area contributed by atoms with E-state index in [4.69, 9.17) is 14.4 Å². The van der Waals surface area contributed by atoms with Gasteiger partial charge in [0.25, 0.3) is 5.91 Å². The molecule has 1 amide bonds. The molecule has 2 rings (SSSR count). The van der Waals surface area contributed by atoms with Gasteiger partial charge in [0, 0.05) is 25.7 Å². The third-order valence-electron chi connectivity index (χ3n) is 3.67. The lowest BCUT2D eigenvalue weighted by molar-refractivity contribution is -0.124. The lowest BCUT2D eigenvalue weighted by Crippen LogP contribution is -2.22. The van der Waals surface area contributed by atoms with Gasteiger partial charge in [-0.3, -0.25) is 4.79 Å². The molecule has 6 nitrogen and oxygen atoms in total. The van der Waals surface area contributed by atoms with Gasteiger partial charge >= 0.3 is 5.97 Å². The lowest BCUT2D eigenvalue weighted by Gasteiger charge is -2.08. The number of carbonyl (C=O) groups is 2. The molecular formula is C19H18N2O4. The summed E-state index contributed by atoms with van der Waals surface area (Å²) in [5.41, 5.74) is 1.89. The summed E-state index contributed by atoms with van der Waals surface area (Å²) in [7, 11) is 4.47. The standard InChI is InChI=1S/C19H18N2O4/c1-12-15(6-5-7-16(12)19(23)24-4)17-9-8-14(25-17)10-13(11-20)18(22)21(2)3/h5-10H,1-4H3/b13-10-. The van der Waals surface area contributed by atoms with Crippen LogP contribution in [0.25, 0.3) is 17.4 Å². The summed E-state index contributed by atoms with van der Waals surface area (Å²) in [6.07, 6.45) is 1.39. The summed E-state index contributed by atoms with van der Waals surface area (Å²) in [6.45, 7) is 1.80. The Hall–Kier alpha value is -3.33. The van der Waals surface area contributed by atoms with E-state index in [1.54, 1.807) is 45.3 Å². The zero-order valence-electron chi connectivity index (χ0n) is 14.5. The molecule has 0 spiro atoms. The number of hydrogen-bond acceptors (Lipinski definition) is 5. The molecule has 0 atom stereocenters. The minimum Gasteiger partial charge on any atom is -0.465 e. The smallest absolute Gasteiger partial charge is 0.338 e. The van der Waals surface area contributed by atoms with Crippen LogP contribution in [-0.2, 0) is 9.53 Å². The monoisotopic (exact) mass is 338 g/mol. The summed E-state index contributed by atoms with van der Waals surface area (Å²) in [5, 5.41) is 9.14. The molecule has 2 aromatic rings. The first kappa shape index (κ1) is 18.0. The van der Waals surface area contributed by atoms with E-state index in [0.717, 1.165) is 11.1 Å². The van der Waals surface area contributed by atoms with Crippen LogP contribution in [0.4, 0.5) is 0 Å². The number of rotatable bonds is 4. The Labute approximate surface area is 145 Å². The Bertz CT molecular complexity index is 885. The van der Waals surface area contributed by atoms with Gasteiger partial charge in [-0.05, 0) is 30.7 Å². The molecule has 0 aliphatic carbocycles. The van der Waals surface area contributed by atoms with Crippen LogP contribution in [0.2, 0.25) is 0 Å². The summed E-state index contributed by atoms with van der Waals surface area (Å²) in [5.74, 6) is 0.0902. The molecule has 1 aromatic heterocycles. The molecule has 0 fully saturated rings. The fourth-order valence-corrected chi connectivity index (χ4v) is 2.33. The summed E-state index contributed by atoms with van der Waals surface area (Å²) >= 11 is 0. The number of furan rings is 1. The van der Waals surface area contributed by atoms with E-state index < -0.39 is 11.9 Å². The van der Waals surface area contributed by atoms with Crippen LogP contribution < -0.4 is 0 Å². The number of hydrogen-bond donors (Lipinski definition) is 0. The third kappa shape index (κ3) is 3.78. The van der Waals surface area contributed by atoms with Crippen molar-refractivity contribution >= 4 is 18.0 Å². The lowest BCUT2D eigenvalue weighted by atomic mass is 10.0. The number of benzene rings is 1. The molecule has 25 heavy (non-hydrogen) atoms. The maximum absolute atomic E-state index is 11.9. The number of ether oxygens (including phenoxy) is 1. The number of nitriles is 1. The maximum atomic E-state index is 11.9. The van der Waals surface area contributed by atoms with Gasteiger partial charge in [-0.1, -0.05) is 12.1 Å². The van der Waals surface area contributed by atoms with Crippen LogP contribution in [0.5, 0.6) is 0 Å². The molecule has 0 unspecified atom stereocenters. The van der Waals surface area contributed by atoms with Gasteiger partial charge in [-0.2, -0.15) is 5.26 Å². The molecule has 1 aromatic carbocycles. The number of likely N-dealkylation sites (N-methyl/N-ethyl adjacent to an activating group) is 1. The predicted molar refractivity (Wildman–Crippen MR) is 92.5 cm³/mol. The minimum absolute atomic E-state index is 0.0223. The Kier molecular flexibility index (Phi) is 5.40. The number of carbonyl (C=O) groups excluding carboxylic acids is 2. The number of methoxy groups -OCH3 is 1. The van der Waals surface area contributed by atoms with Crippen molar-refractivity contribution in [3.05, 3.63) is 52.8 Å². The Morgan fingerprint density at radius 1 is 1.24 bits per heavy atom. The highest BCUT2D eigenvalue weighted by Gasteiger charge is 2.16. The average molecular weight is 338 g/mol. The Morgan fingerprint density at radius 2 is 1.96 bits per heavy atom. The molecule has 0 bridgehead atoms. The van der Waals surface area contributed by atoms with E-state index in [1.165, 1.54) is 18.1 Å². The van der Waals surface area contributed by atoms with Gasteiger partial charge in [0.1, 0.15) is 23.2 Å². The van der Waals surface area contributed by atoms with E-state index in [1.807, 2.05) is 12.1 Å². The van der Waals surface area contributed by atoms with Gasteiger partial charge in [0.2, 0.25) is 0 Å². The quantitative estimate of drug-likeness (QED) is 0.486. The molecule has 0 N–H and O–H groups in total. The van der Waals surface area contributed by atoms with Crippen molar-refractivity contribution in [2.75, 3.05) is 21.2 Å². The van der Waals surface area contributed by atoms with Gasteiger partial charge in [0.15, 0.2) is 0 Å². The molecule has 1 heterocycles. The van der Waals surface area contributed by atoms with Gasteiger partial charge in [-0.15, -0.1) is 0 Å². The first-order valence-electron chi connectivity index (χ1n) is 7.50. The molecular weight excluding hydrogens is 320 g/mol. The van der Waals surface area contributed by atoms with E-state index >= 15 is 0 Å². The van der Waals surface area contributed by atoms with Crippen LogP contribution in [0.3, 0.4) is 0 Å². The van der Waals surface area contributed by atoms with E-state index in [0.29, 0.717) is 17.1 Å². The molecule has 0 saturated heterocycles. The largest absolute Gasteiger partial charge is 0.465 e. The summed E-state index contributed by atoms with van der Waals surface area (Å²) in [6, 6.07) is 10.5. The highest BCUT2D eigenvalue weighted by atomic mass is 16.5. The van der Waals surface area contributed by atoms with Crippen molar-refractivity contribution < 1.29 is 18.7 Å². The molecule has 128 valence electrons. The van der Waals surface area contributed by atoms with E-state index in [2.05, 4.69) is 0 Å². The van der Waals surface area contributed by atoms with E-state index in [9.17, 15) is 9.59 Å². The van der Waals surface area contributed by atoms with Crippen LogP contribution in [-0.4, -0.2) is 38.0 Å². The van der Waals surface area contributed by atoms with Crippen molar-refractivity contribution in [3.63, 3.8) is 0 Å². The summed E-state index contributed by atoms with van der Waals surface area (Å²) in [4.78, 5) is 25.0. The van der Waals surface area contributed by atoms with Crippen LogP contribution >= 0.6 is 0 Å². The highest BCUT2D eigenvalue weighted by molar-refractivity contribution is 6.01. The fraction of sp³-hybridized carbons (Fsp3) is 0.211. The van der Waals surface area contributed by atoms with Crippen LogP contribution in [0, 0.1) is 18.3 Å². The Balaban J connectivity index is 2.42. The van der Waals surface area contributed by atoms with Crippen molar-refractivity contribution in [2.24, 2.45) is 0 Å².